The van der Waals surface area contributed by atoms with Crippen molar-refractivity contribution in [2.24, 2.45) is 0 Å². The number of aryl methyl sites for hydroxylation is 2. The number of fused-ring (bicyclic) bond motifs is 1. The van der Waals surface area contributed by atoms with Crippen molar-refractivity contribution in [1.29, 1.82) is 0 Å². The van der Waals surface area contributed by atoms with Gasteiger partial charge in [-0.3, -0.25) is 14.9 Å². The van der Waals surface area contributed by atoms with Gasteiger partial charge in [-0.2, -0.15) is 4.52 Å². The fraction of sp³-hybridized carbons (Fsp3) is 0.300. The van der Waals surface area contributed by atoms with Crippen molar-refractivity contribution < 1.29 is 24.3 Å². The molecule has 0 aliphatic rings. The summed E-state index contributed by atoms with van der Waals surface area (Å²) < 4.78 is 7.31. The lowest BCUT2D eigenvalue weighted by Crippen LogP contribution is -2.35. The lowest BCUT2D eigenvalue weighted by molar-refractivity contribution is -0.895. The quantitative estimate of drug-likeness (QED) is 0.318. The van der Waals surface area contributed by atoms with Crippen LogP contribution in [0.25, 0.3) is 5.52 Å². The van der Waals surface area contributed by atoms with Gasteiger partial charge in [-0.1, -0.05) is 16.9 Å². The molecule has 0 saturated heterocycles. The molecule has 3 aromatic rings. The summed E-state index contributed by atoms with van der Waals surface area (Å²) in [5.41, 5.74) is 3.69. The second kappa shape index (κ2) is 8.27. The molecule has 0 aliphatic heterocycles. The number of amides is 1. The van der Waals surface area contributed by atoms with Crippen molar-refractivity contribution in [2.45, 2.75) is 20.8 Å². The number of hydrogen-bond donors (Lipinski definition) is 3. The zero-order valence-electron chi connectivity index (χ0n) is 16.8. The molecule has 2 heterocycles. The summed E-state index contributed by atoms with van der Waals surface area (Å²) in [6.07, 6.45) is 2.85. The Morgan fingerprint density at radius 3 is 2.76 bits per heavy atom. The Morgan fingerprint density at radius 2 is 2.07 bits per heavy atom. The molecule has 0 unspecified atom stereocenters. The van der Waals surface area contributed by atoms with E-state index in [-0.39, 0.29) is 18.3 Å². The molecule has 152 valence electrons. The highest BCUT2D eigenvalue weighted by Crippen LogP contribution is 2.26. The first-order chi connectivity index (χ1) is 13.9. The Balaban J connectivity index is 2.09. The number of nitrogens with one attached hydrogen (secondary N) is 2. The summed E-state index contributed by atoms with van der Waals surface area (Å²) in [7, 11) is 1.47. The summed E-state index contributed by atoms with van der Waals surface area (Å²) in [6.45, 7) is 6.01. The van der Waals surface area contributed by atoms with Crippen molar-refractivity contribution >= 4 is 28.7 Å². The number of rotatable bonds is 7. The molecular formula is C20H24N5O4+. The first-order valence-electron chi connectivity index (χ1n) is 9.17. The Morgan fingerprint density at radius 1 is 1.31 bits per heavy atom. The van der Waals surface area contributed by atoms with Gasteiger partial charge in [-0.25, -0.2) is 0 Å². The summed E-state index contributed by atoms with van der Waals surface area (Å²) in [5, 5.41) is 20.5. The van der Waals surface area contributed by atoms with Crippen LogP contribution in [0.3, 0.4) is 0 Å². The molecule has 0 saturated carbocycles. The zero-order chi connectivity index (χ0) is 21.1. The summed E-state index contributed by atoms with van der Waals surface area (Å²) in [5.74, 6) is -0.0357. The molecule has 3 N–H and O–H groups in total. The van der Waals surface area contributed by atoms with Gasteiger partial charge >= 0.3 is 0 Å². The number of carbonyl (C=O) groups excluding carboxylic acids is 2. The number of anilines is 2. The van der Waals surface area contributed by atoms with E-state index >= 15 is 0 Å². The van der Waals surface area contributed by atoms with Gasteiger partial charge in [0.25, 0.3) is 18.1 Å². The van der Waals surface area contributed by atoms with Gasteiger partial charge in [0, 0.05) is 19.2 Å². The standard InChI is InChI=1S/C20H23N5O4/c1-5-21-20(27)15-9-24-18(13(15)3)19(25(28)11-22-24)23-16-8-14(7-6-12(16)2)17(26)10-29-4/h6-9,11,28H,5,10H2,1-4H3,(H,21,27)/p+1. The number of carbonyl (C=O) groups is 2. The number of ketones is 1. The Kier molecular flexibility index (Phi) is 5.79. The topological polar surface area (TPSA) is 109 Å². The van der Waals surface area contributed by atoms with Gasteiger partial charge in [-0.15, -0.1) is 0 Å². The highest BCUT2D eigenvalue weighted by molar-refractivity contribution is 5.99. The van der Waals surface area contributed by atoms with E-state index < -0.39 is 0 Å². The second-order valence-corrected chi connectivity index (χ2v) is 6.66. The van der Waals surface area contributed by atoms with Crippen LogP contribution >= 0.6 is 0 Å². The van der Waals surface area contributed by atoms with Crippen LogP contribution < -0.4 is 15.4 Å². The summed E-state index contributed by atoms with van der Waals surface area (Å²) in [6, 6.07) is 5.25. The minimum atomic E-state index is -0.214. The molecule has 0 bridgehead atoms. The van der Waals surface area contributed by atoms with Gasteiger partial charge < -0.3 is 15.3 Å². The molecule has 1 amide bonds. The smallest absolute Gasteiger partial charge is 0.292 e. The fourth-order valence-corrected chi connectivity index (χ4v) is 3.10. The van der Waals surface area contributed by atoms with Gasteiger partial charge in [0.2, 0.25) is 0 Å². The molecule has 3 rings (SSSR count). The summed E-state index contributed by atoms with van der Waals surface area (Å²) >= 11 is 0. The van der Waals surface area contributed by atoms with Gasteiger partial charge in [-0.05, 0) is 43.1 Å². The third-order valence-electron chi connectivity index (χ3n) is 4.65. The van der Waals surface area contributed by atoms with Crippen LogP contribution in [0.4, 0.5) is 11.5 Å². The maximum Gasteiger partial charge on any atom is 0.292 e. The van der Waals surface area contributed by atoms with Gasteiger partial charge in [0.1, 0.15) is 12.3 Å². The monoisotopic (exact) mass is 398 g/mol. The first kappa shape index (κ1) is 20.3. The lowest BCUT2D eigenvalue weighted by Gasteiger charge is -2.09. The Bertz CT molecular complexity index is 1090. The van der Waals surface area contributed by atoms with E-state index in [1.807, 2.05) is 19.9 Å². The second-order valence-electron chi connectivity index (χ2n) is 6.66. The van der Waals surface area contributed by atoms with Crippen molar-refractivity contribution in [3.8, 4) is 0 Å². The molecule has 29 heavy (non-hydrogen) atoms. The van der Waals surface area contributed by atoms with Crippen molar-refractivity contribution in [3.05, 3.63) is 53.0 Å². The minimum absolute atomic E-state index is 0.0181. The molecule has 0 fully saturated rings. The zero-order valence-corrected chi connectivity index (χ0v) is 16.8. The third-order valence-corrected chi connectivity index (χ3v) is 4.65. The normalized spacial score (nSPS) is 10.9. The predicted molar refractivity (Wildman–Crippen MR) is 106 cm³/mol. The number of ether oxygens (including phenoxy) is 1. The van der Waals surface area contributed by atoms with E-state index in [1.165, 1.54) is 18.0 Å². The molecule has 9 heteroatoms. The minimum Gasteiger partial charge on any atom is -0.377 e. The average Bonchev–Trinajstić information content (AvgIpc) is 3.03. The van der Waals surface area contributed by atoms with Crippen LogP contribution in [0.1, 0.15) is 38.8 Å². The Labute approximate surface area is 167 Å². The number of benzene rings is 1. The summed E-state index contributed by atoms with van der Waals surface area (Å²) in [4.78, 5) is 24.5. The molecule has 0 aliphatic carbocycles. The highest BCUT2D eigenvalue weighted by Gasteiger charge is 2.24. The van der Waals surface area contributed by atoms with Crippen molar-refractivity contribution in [2.75, 3.05) is 25.6 Å². The number of methoxy groups -OCH3 is 1. The molecule has 0 spiro atoms. The maximum absolute atomic E-state index is 12.3. The molecular weight excluding hydrogens is 374 g/mol. The molecule has 9 nitrogen and oxygen atoms in total. The lowest BCUT2D eigenvalue weighted by atomic mass is 10.1. The molecule has 2 aromatic heterocycles. The van der Waals surface area contributed by atoms with Crippen LogP contribution in [-0.4, -0.2) is 46.8 Å². The number of nitrogens with zero attached hydrogens (tertiary/aromatic N) is 3. The van der Waals surface area contributed by atoms with E-state index in [0.29, 0.717) is 40.3 Å². The van der Waals surface area contributed by atoms with E-state index in [4.69, 9.17) is 4.74 Å². The Hall–Kier alpha value is -3.46. The number of Topliss-reactive ketones (excluding diaryl/α,β-unsaturated/α-hetero) is 1. The predicted octanol–water partition coefficient (Wildman–Crippen LogP) is 1.80. The fourth-order valence-electron chi connectivity index (χ4n) is 3.10. The third kappa shape index (κ3) is 3.90. The van der Waals surface area contributed by atoms with Gasteiger partial charge in [0.05, 0.1) is 11.8 Å². The highest BCUT2D eigenvalue weighted by atomic mass is 16.5. The van der Waals surface area contributed by atoms with Crippen LogP contribution in [0.2, 0.25) is 0 Å². The number of aromatic nitrogens is 3. The average molecular weight is 398 g/mol. The SMILES string of the molecule is CCNC(=O)c1cn2nc[n+](O)c(Nc3cc(C(=O)COC)ccc3C)c2c1C. The largest absolute Gasteiger partial charge is 0.377 e. The first-order valence-corrected chi connectivity index (χ1v) is 9.17. The van der Waals surface area contributed by atoms with E-state index in [1.54, 1.807) is 25.3 Å². The van der Waals surface area contributed by atoms with E-state index in [2.05, 4.69) is 15.7 Å². The maximum atomic E-state index is 12.3. The van der Waals surface area contributed by atoms with E-state index in [9.17, 15) is 14.8 Å². The van der Waals surface area contributed by atoms with Crippen LogP contribution in [0.5, 0.6) is 0 Å². The van der Waals surface area contributed by atoms with E-state index in [0.717, 1.165) is 10.3 Å². The van der Waals surface area contributed by atoms with Crippen LogP contribution in [0.15, 0.2) is 30.7 Å². The number of hydrogen-bond acceptors (Lipinski definition) is 6. The van der Waals surface area contributed by atoms with Crippen LogP contribution in [-0.2, 0) is 4.74 Å². The van der Waals surface area contributed by atoms with Crippen LogP contribution in [0, 0.1) is 13.8 Å². The van der Waals surface area contributed by atoms with Gasteiger partial charge in [0.15, 0.2) is 11.3 Å². The molecule has 1 aromatic carbocycles. The van der Waals surface area contributed by atoms with Crippen molar-refractivity contribution in [3.63, 3.8) is 0 Å². The van der Waals surface area contributed by atoms with Crippen molar-refractivity contribution in [1.82, 2.24) is 14.9 Å². The molecule has 0 radical (unpaired) electrons. The molecule has 0 atom stereocenters.